The molecule has 0 aliphatic carbocycles. The van der Waals surface area contributed by atoms with E-state index in [9.17, 15) is 0 Å². The number of nitrogens with one attached hydrogen (secondary N) is 1. The summed E-state index contributed by atoms with van der Waals surface area (Å²) in [7, 11) is 0. The molecule has 3 N–H and O–H groups in total. The Morgan fingerprint density at radius 1 is 1.05 bits per heavy atom. The van der Waals surface area contributed by atoms with Crippen LogP contribution in [0.1, 0.15) is 38.3 Å². The first kappa shape index (κ1) is 16.1. The molecule has 118 valence electrons. The lowest BCUT2D eigenvalue weighted by Crippen LogP contribution is -1.99. The molecule has 0 radical (unpaired) electrons. The fraction of sp³-hybridized carbons (Fsp3) is 0.389. The highest BCUT2D eigenvalue weighted by Gasteiger charge is 2.00. The van der Waals surface area contributed by atoms with E-state index in [0.717, 1.165) is 36.0 Å². The quantitative estimate of drug-likeness (QED) is 0.695. The molecule has 0 aliphatic heterocycles. The predicted octanol–water partition coefficient (Wildman–Crippen LogP) is 4.67. The van der Waals surface area contributed by atoms with Crippen LogP contribution in [0.4, 0.5) is 17.2 Å². The molecule has 1 aromatic carbocycles. The first-order chi connectivity index (χ1) is 10.7. The van der Waals surface area contributed by atoms with E-state index in [0.29, 0.717) is 5.69 Å². The Balaban J connectivity index is 1.84. The number of aryl methyl sites for hydroxylation is 1. The minimum Gasteiger partial charge on any atom is -0.494 e. The highest BCUT2D eigenvalue weighted by atomic mass is 16.5. The lowest BCUT2D eigenvalue weighted by molar-refractivity contribution is 0.305. The Kier molecular flexibility index (Phi) is 6.07. The van der Waals surface area contributed by atoms with Crippen LogP contribution in [0.15, 0.2) is 36.4 Å². The molecule has 0 atom stereocenters. The van der Waals surface area contributed by atoms with Gasteiger partial charge in [-0.1, -0.05) is 26.2 Å². The third kappa shape index (κ3) is 4.95. The second-order valence-corrected chi connectivity index (χ2v) is 5.43. The van der Waals surface area contributed by atoms with Crippen LogP contribution in [0.25, 0.3) is 0 Å². The highest BCUT2D eigenvalue weighted by molar-refractivity contribution is 5.59. The molecule has 0 unspecified atom stereocenters. The Morgan fingerprint density at radius 2 is 1.82 bits per heavy atom. The summed E-state index contributed by atoms with van der Waals surface area (Å²) in [6.07, 6.45) is 4.88. The maximum Gasteiger partial charge on any atom is 0.130 e. The summed E-state index contributed by atoms with van der Waals surface area (Å²) in [5.74, 6) is 1.70. The average Bonchev–Trinajstić information content (AvgIpc) is 2.52. The molecule has 0 spiro atoms. The van der Waals surface area contributed by atoms with Gasteiger partial charge < -0.3 is 15.8 Å². The topological polar surface area (TPSA) is 60.2 Å². The smallest absolute Gasteiger partial charge is 0.130 e. The van der Waals surface area contributed by atoms with Gasteiger partial charge in [-0.2, -0.15) is 0 Å². The van der Waals surface area contributed by atoms with Gasteiger partial charge in [0, 0.05) is 5.69 Å². The van der Waals surface area contributed by atoms with Gasteiger partial charge in [0.2, 0.25) is 0 Å². The Bertz CT molecular complexity index is 581. The van der Waals surface area contributed by atoms with Crippen molar-refractivity contribution in [1.82, 2.24) is 4.98 Å². The number of nitrogen functional groups attached to an aromatic ring is 1. The number of hydrogen-bond acceptors (Lipinski definition) is 4. The first-order valence-electron chi connectivity index (χ1n) is 7.92. The number of ether oxygens (including phenoxy) is 1. The average molecular weight is 299 g/mol. The van der Waals surface area contributed by atoms with Crippen molar-refractivity contribution in [3.05, 3.63) is 42.1 Å². The van der Waals surface area contributed by atoms with Crippen LogP contribution in [-0.2, 0) is 0 Å². The van der Waals surface area contributed by atoms with E-state index in [1.54, 1.807) is 0 Å². The zero-order valence-electron chi connectivity index (χ0n) is 13.4. The normalized spacial score (nSPS) is 10.5. The molecular formula is C18H25N3O. The number of rotatable bonds is 8. The van der Waals surface area contributed by atoms with Crippen LogP contribution in [-0.4, -0.2) is 11.6 Å². The lowest BCUT2D eigenvalue weighted by Gasteiger charge is -2.09. The summed E-state index contributed by atoms with van der Waals surface area (Å²) in [6.45, 7) is 4.89. The number of hydrogen-bond donors (Lipinski definition) is 2. The third-order valence-electron chi connectivity index (χ3n) is 3.52. The second-order valence-electron chi connectivity index (χ2n) is 5.43. The van der Waals surface area contributed by atoms with Gasteiger partial charge in [-0.25, -0.2) is 4.98 Å². The third-order valence-corrected chi connectivity index (χ3v) is 3.52. The predicted molar refractivity (Wildman–Crippen MR) is 92.7 cm³/mol. The van der Waals surface area contributed by atoms with E-state index in [2.05, 4.69) is 17.2 Å². The summed E-state index contributed by atoms with van der Waals surface area (Å²) < 4.78 is 5.73. The van der Waals surface area contributed by atoms with Crippen LogP contribution < -0.4 is 15.8 Å². The van der Waals surface area contributed by atoms with Crippen LogP contribution in [0.3, 0.4) is 0 Å². The van der Waals surface area contributed by atoms with Gasteiger partial charge in [-0.15, -0.1) is 0 Å². The fourth-order valence-corrected chi connectivity index (χ4v) is 2.14. The lowest BCUT2D eigenvalue weighted by atomic mass is 10.2. The molecule has 4 heteroatoms. The number of nitrogens with two attached hydrogens (primary N) is 1. The van der Waals surface area contributed by atoms with E-state index in [-0.39, 0.29) is 0 Å². The number of pyridine rings is 1. The number of benzene rings is 1. The van der Waals surface area contributed by atoms with E-state index < -0.39 is 0 Å². The summed E-state index contributed by atoms with van der Waals surface area (Å²) in [4.78, 5) is 4.40. The molecule has 2 rings (SSSR count). The highest BCUT2D eigenvalue weighted by Crippen LogP contribution is 2.20. The molecule has 4 nitrogen and oxygen atoms in total. The van der Waals surface area contributed by atoms with E-state index in [4.69, 9.17) is 10.5 Å². The monoisotopic (exact) mass is 299 g/mol. The summed E-state index contributed by atoms with van der Waals surface area (Å²) in [6, 6.07) is 11.7. The first-order valence-corrected chi connectivity index (χ1v) is 7.92. The number of aromatic nitrogens is 1. The van der Waals surface area contributed by atoms with Gasteiger partial charge >= 0.3 is 0 Å². The zero-order chi connectivity index (χ0) is 15.8. The van der Waals surface area contributed by atoms with Crippen LogP contribution in [0, 0.1) is 6.92 Å². The number of anilines is 3. The summed E-state index contributed by atoms with van der Waals surface area (Å²) in [5, 5.41) is 3.26. The van der Waals surface area contributed by atoms with Gasteiger partial charge in [0.15, 0.2) is 0 Å². The van der Waals surface area contributed by atoms with Crippen molar-refractivity contribution in [1.29, 1.82) is 0 Å². The fourth-order valence-electron chi connectivity index (χ4n) is 2.14. The Labute approximate surface area is 132 Å². The summed E-state index contributed by atoms with van der Waals surface area (Å²) >= 11 is 0. The maximum atomic E-state index is 5.77. The summed E-state index contributed by atoms with van der Waals surface area (Å²) in [5.41, 5.74) is 8.29. The van der Waals surface area contributed by atoms with Crippen molar-refractivity contribution in [3.8, 4) is 5.75 Å². The van der Waals surface area contributed by atoms with E-state index in [1.165, 1.54) is 19.3 Å². The molecule has 0 saturated carbocycles. The minimum absolute atomic E-state index is 0.706. The van der Waals surface area contributed by atoms with Crippen LogP contribution in [0.5, 0.6) is 5.75 Å². The zero-order valence-corrected chi connectivity index (χ0v) is 13.4. The largest absolute Gasteiger partial charge is 0.494 e. The SMILES string of the molecule is CCCCCCOc1ccc(Nc2ccc(N)c(C)n2)cc1. The van der Waals surface area contributed by atoms with Crippen LogP contribution >= 0.6 is 0 Å². The van der Waals surface area contributed by atoms with Crippen LogP contribution in [0.2, 0.25) is 0 Å². The van der Waals surface area contributed by atoms with Gasteiger partial charge in [0.05, 0.1) is 18.0 Å². The standard InChI is InChI=1S/C18H25N3O/c1-3-4-5-6-13-22-16-9-7-15(8-10-16)21-18-12-11-17(19)14(2)20-18/h7-12H,3-6,13,19H2,1-2H3,(H,20,21). The molecule has 22 heavy (non-hydrogen) atoms. The number of nitrogens with zero attached hydrogens (tertiary/aromatic N) is 1. The van der Waals surface area contributed by atoms with Gasteiger partial charge in [0.1, 0.15) is 11.6 Å². The van der Waals surface area contributed by atoms with Crippen molar-refractivity contribution in [2.75, 3.05) is 17.7 Å². The molecule has 2 aromatic rings. The molecule has 0 amide bonds. The van der Waals surface area contributed by atoms with Crippen molar-refractivity contribution in [3.63, 3.8) is 0 Å². The molecule has 1 heterocycles. The van der Waals surface area contributed by atoms with Crippen molar-refractivity contribution >= 4 is 17.2 Å². The van der Waals surface area contributed by atoms with Crippen molar-refractivity contribution < 1.29 is 4.74 Å². The number of unbranched alkanes of at least 4 members (excludes halogenated alkanes) is 3. The van der Waals surface area contributed by atoms with Crippen molar-refractivity contribution in [2.24, 2.45) is 0 Å². The van der Waals surface area contributed by atoms with Crippen molar-refractivity contribution in [2.45, 2.75) is 39.5 Å². The molecule has 0 bridgehead atoms. The van der Waals surface area contributed by atoms with Gasteiger partial charge in [-0.3, -0.25) is 0 Å². The Hall–Kier alpha value is -2.23. The molecule has 0 aliphatic rings. The molecule has 0 fully saturated rings. The molecule has 0 saturated heterocycles. The Morgan fingerprint density at radius 3 is 2.50 bits per heavy atom. The van der Waals surface area contributed by atoms with Gasteiger partial charge in [0.25, 0.3) is 0 Å². The molecular weight excluding hydrogens is 274 g/mol. The molecule has 1 aromatic heterocycles. The van der Waals surface area contributed by atoms with Gasteiger partial charge in [-0.05, 0) is 49.7 Å². The second kappa shape index (κ2) is 8.27. The van der Waals surface area contributed by atoms with E-state index >= 15 is 0 Å². The van der Waals surface area contributed by atoms with E-state index in [1.807, 2.05) is 43.3 Å². The maximum absolute atomic E-state index is 5.77. The minimum atomic E-state index is 0.706.